The molecule has 0 unspecified atom stereocenters. The highest BCUT2D eigenvalue weighted by molar-refractivity contribution is 5.96. The molecule has 43 heavy (non-hydrogen) atoms. The van der Waals surface area contributed by atoms with Gasteiger partial charge in [-0.1, -0.05) is 55.8 Å². The number of nitrogens with zero attached hydrogens (tertiary/aromatic N) is 2. The highest BCUT2D eigenvalue weighted by atomic mass is 16.7. The number of ether oxygens (including phenoxy) is 3. The first-order chi connectivity index (χ1) is 20.6. The number of hydrogen-bond donors (Lipinski definition) is 1. The molecular weight excluding hydrogens is 538 g/mol. The lowest BCUT2D eigenvalue weighted by Gasteiger charge is -2.36. The van der Waals surface area contributed by atoms with E-state index in [1.54, 1.807) is 13.2 Å². The molecule has 2 aromatic rings. The molecule has 7 heteroatoms. The Morgan fingerprint density at radius 1 is 1.12 bits per heavy atom. The van der Waals surface area contributed by atoms with Crippen molar-refractivity contribution in [2.24, 2.45) is 5.92 Å². The van der Waals surface area contributed by atoms with E-state index in [2.05, 4.69) is 49.2 Å². The number of amides is 1. The van der Waals surface area contributed by atoms with Crippen LogP contribution >= 0.6 is 0 Å². The number of likely N-dealkylation sites (tertiary alicyclic amines) is 1. The molecule has 0 aromatic heterocycles. The van der Waals surface area contributed by atoms with E-state index in [4.69, 9.17) is 14.2 Å². The fourth-order valence-corrected chi connectivity index (χ4v) is 7.05. The number of methoxy groups -OCH3 is 1. The van der Waals surface area contributed by atoms with Gasteiger partial charge >= 0.3 is 0 Å². The van der Waals surface area contributed by atoms with Crippen LogP contribution in [0.1, 0.15) is 89.1 Å². The van der Waals surface area contributed by atoms with Gasteiger partial charge in [-0.05, 0) is 75.6 Å². The van der Waals surface area contributed by atoms with E-state index in [0.717, 1.165) is 36.6 Å². The van der Waals surface area contributed by atoms with Gasteiger partial charge in [-0.2, -0.15) is 0 Å². The minimum atomic E-state index is -0.805. The molecule has 5 rings (SSSR count). The molecule has 1 N–H and O–H groups in total. The molecule has 1 amide bonds. The van der Waals surface area contributed by atoms with Gasteiger partial charge in [0.15, 0.2) is 11.5 Å². The maximum Gasteiger partial charge on any atom is 0.254 e. The van der Waals surface area contributed by atoms with Crippen LogP contribution in [0.3, 0.4) is 0 Å². The van der Waals surface area contributed by atoms with Crippen LogP contribution in [0.5, 0.6) is 17.2 Å². The first-order valence-electron chi connectivity index (χ1n) is 16.2. The predicted molar refractivity (Wildman–Crippen MR) is 173 cm³/mol. The van der Waals surface area contributed by atoms with E-state index in [1.807, 2.05) is 43.0 Å². The summed E-state index contributed by atoms with van der Waals surface area (Å²) < 4.78 is 17.6. The lowest BCUT2D eigenvalue weighted by molar-refractivity contribution is -0.0439. The standard InChI is InChI=1S/C36H51N3O4/c1-25(2)37-30-16-14-28(15-17-30)23-38-18-10-13-31(38)24-39(22-26(3)19-27-11-8-7-9-12-27)35(40)29-20-32(41-6)34-33(21-29)42-36(4,5)43-34/h7-9,11-12,19-21,25,28,30-31,37H,10,13-18,22-24H2,1-6H3/b26-19+/t28-,30-,31-/m0/s1. The molecule has 1 saturated carbocycles. The van der Waals surface area contributed by atoms with E-state index in [0.29, 0.717) is 54.0 Å². The van der Waals surface area contributed by atoms with Gasteiger partial charge in [0.1, 0.15) is 0 Å². The molecule has 3 aliphatic rings. The van der Waals surface area contributed by atoms with Crippen molar-refractivity contribution in [3.63, 3.8) is 0 Å². The van der Waals surface area contributed by atoms with Crippen molar-refractivity contribution in [1.82, 2.24) is 15.1 Å². The van der Waals surface area contributed by atoms with Crippen molar-refractivity contribution in [3.05, 3.63) is 59.2 Å². The van der Waals surface area contributed by atoms with Gasteiger partial charge in [-0.25, -0.2) is 0 Å². The summed E-state index contributed by atoms with van der Waals surface area (Å²) in [6, 6.07) is 15.5. The topological polar surface area (TPSA) is 63.3 Å². The zero-order valence-electron chi connectivity index (χ0n) is 27.0. The lowest BCUT2D eigenvalue weighted by Crippen LogP contribution is -2.46. The zero-order chi connectivity index (χ0) is 30.6. The van der Waals surface area contributed by atoms with Crippen LogP contribution < -0.4 is 19.5 Å². The molecule has 0 spiro atoms. The predicted octanol–water partition coefficient (Wildman–Crippen LogP) is 6.77. The van der Waals surface area contributed by atoms with E-state index in [-0.39, 0.29) is 5.91 Å². The summed E-state index contributed by atoms with van der Waals surface area (Å²) in [7, 11) is 1.60. The number of carbonyl (C=O) groups is 1. The zero-order valence-corrected chi connectivity index (χ0v) is 27.0. The van der Waals surface area contributed by atoms with Crippen molar-refractivity contribution in [2.45, 2.75) is 97.1 Å². The Morgan fingerprint density at radius 3 is 2.56 bits per heavy atom. The first-order valence-corrected chi connectivity index (χ1v) is 16.2. The Morgan fingerprint density at radius 2 is 1.86 bits per heavy atom. The fraction of sp³-hybridized carbons (Fsp3) is 0.583. The number of carbonyl (C=O) groups excluding carboxylic acids is 1. The summed E-state index contributed by atoms with van der Waals surface area (Å²) in [6.07, 6.45) is 9.57. The molecule has 0 bridgehead atoms. The SMILES string of the molecule is COc1cc(C(=O)N(C/C(C)=C/c2ccccc2)C[C@@H]2CCCN2C[C@H]2CC[C@H](NC(C)C)CC2)cc2c1OC(C)(C)O2. The second kappa shape index (κ2) is 13.7. The molecule has 2 fully saturated rings. The maximum absolute atomic E-state index is 14.3. The Hall–Kier alpha value is -3.03. The van der Waals surface area contributed by atoms with Crippen LogP contribution in [-0.2, 0) is 0 Å². The molecule has 2 aromatic carbocycles. The molecule has 234 valence electrons. The minimum Gasteiger partial charge on any atom is -0.493 e. The van der Waals surface area contributed by atoms with Crippen molar-refractivity contribution < 1.29 is 19.0 Å². The van der Waals surface area contributed by atoms with Crippen molar-refractivity contribution in [1.29, 1.82) is 0 Å². The molecule has 1 saturated heterocycles. The maximum atomic E-state index is 14.3. The monoisotopic (exact) mass is 589 g/mol. The summed E-state index contributed by atoms with van der Waals surface area (Å²) in [4.78, 5) is 19.0. The molecule has 1 atom stereocenters. The first kappa shape index (κ1) is 31.4. The number of nitrogens with one attached hydrogen (secondary N) is 1. The van der Waals surface area contributed by atoms with Crippen LogP contribution in [0.25, 0.3) is 6.08 Å². The van der Waals surface area contributed by atoms with Crippen molar-refractivity contribution >= 4 is 12.0 Å². The summed E-state index contributed by atoms with van der Waals surface area (Å²) in [6.45, 7) is 13.8. The Kier molecular flexibility index (Phi) is 10.0. The summed E-state index contributed by atoms with van der Waals surface area (Å²) in [5, 5.41) is 3.73. The quantitative estimate of drug-likeness (QED) is 0.312. The summed E-state index contributed by atoms with van der Waals surface area (Å²) >= 11 is 0. The average molecular weight is 590 g/mol. The van der Waals surface area contributed by atoms with Crippen LogP contribution in [0, 0.1) is 5.92 Å². The van der Waals surface area contributed by atoms with Gasteiger partial charge in [-0.15, -0.1) is 0 Å². The van der Waals surface area contributed by atoms with E-state index in [9.17, 15) is 4.79 Å². The van der Waals surface area contributed by atoms with E-state index in [1.165, 1.54) is 32.1 Å². The highest BCUT2D eigenvalue weighted by Gasteiger charge is 2.37. The fourth-order valence-electron chi connectivity index (χ4n) is 7.05. The third-order valence-electron chi connectivity index (χ3n) is 8.97. The minimum absolute atomic E-state index is 0.0117. The van der Waals surface area contributed by atoms with Gasteiger partial charge in [0, 0.05) is 57.2 Å². The van der Waals surface area contributed by atoms with Crippen LogP contribution in [-0.4, -0.2) is 72.9 Å². The number of fused-ring (bicyclic) bond motifs is 1. The molecule has 2 heterocycles. The van der Waals surface area contributed by atoms with Gasteiger partial charge in [-0.3, -0.25) is 9.69 Å². The Labute approximate surface area is 258 Å². The highest BCUT2D eigenvalue weighted by Crippen LogP contribution is 2.47. The van der Waals surface area contributed by atoms with Crippen molar-refractivity contribution in [2.75, 3.05) is 33.3 Å². The molecular formula is C36H51N3O4. The number of rotatable bonds is 11. The van der Waals surface area contributed by atoms with Crippen molar-refractivity contribution in [3.8, 4) is 17.2 Å². The Bertz CT molecular complexity index is 1270. The van der Waals surface area contributed by atoms with Crippen LogP contribution in [0.2, 0.25) is 0 Å². The average Bonchev–Trinajstić information content (AvgIpc) is 3.54. The molecule has 1 aliphatic carbocycles. The molecule has 7 nitrogen and oxygen atoms in total. The van der Waals surface area contributed by atoms with Gasteiger partial charge in [0.05, 0.1) is 7.11 Å². The summed E-state index contributed by atoms with van der Waals surface area (Å²) in [5.74, 6) is 1.54. The molecule has 0 radical (unpaired) electrons. The second-order valence-corrected chi connectivity index (χ2v) is 13.5. The Balaban J connectivity index is 1.33. The van der Waals surface area contributed by atoms with Gasteiger partial charge in [0.25, 0.3) is 5.91 Å². The van der Waals surface area contributed by atoms with Gasteiger partial charge in [0.2, 0.25) is 11.5 Å². The van der Waals surface area contributed by atoms with Gasteiger partial charge < -0.3 is 24.4 Å². The second-order valence-electron chi connectivity index (χ2n) is 13.5. The van der Waals surface area contributed by atoms with Crippen LogP contribution in [0.4, 0.5) is 0 Å². The third-order valence-corrected chi connectivity index (χ3v) is 8.97. The third kappa shape index (κ3) is 8.12. The largest absolute Gasteiger partial charge is 0.493 e. The summed E-state index contributed by atoms with van der Waals surface area (Å²) in [5.41, 5.74) is 2.85. The van der Waals surface area contributed by atoms with E-state index >= 15 is 0 Å². The number of benzene rings is 2. The smallest absolute Gasteiger partial charge is 0.254 e. The van der Waals surface area contributed by atoms with Crippen LogP contribution in [0.15, 0.2) is 48.0 Å². The number of hydrogen-bond acceptors (Lipinski definition) is 6. The normalized spacial score (nSPS) is 23.5. The lowest BCUT2D eigenvalue weighted by atomic mass is 9.85. The van der Waals surface area contributed by atoms with E-state index < -0.39 is 5.79 Å². The molecule has 2 aliphatic heterocycles.